The molecule has 1 N–H and O–H groups in total. The normalized spacial score (nSPS) is 19.6. The number of hydrogen-bond donors (Lipinski definition) is 1. The van der Waals surface area contributed by atoms with Crippen molar-refractivity contribution in [3.05, 3.63) is 57.2 Å². The Morgan fingerprint density at radius 3 is 2.84 bits per heavy atom. The lowest BCUT2D eigenvalue weighted by Crippen LogP contribution is -2.40. The number of aliphatic carboxylic acids is 1. The van der Waals surface area contributed by atoms with Crippen molar-refractivity contribution in [1.82, 2.24) is 4.90 Å². The van der Waals surface area contributed by atoms with Crippen LogP contribution in [0.1, 0.15) is 29.4 Å². The minimum Gasteiger partial charge on any atom is -0.481 e. The molecule has 0 aliphatic carbocycles. The fraction of sp³-hybridized carbons (Fsp3) is 0.421. The summed E-state index contributed by atoms with van der Waals surface area (Å²) in [5.41, 5.74) is 1.08. The lowest BCUT2D eigenvalue weighted by molar-refractivity contribution is -0.143. The number of ether oxygens (including phenoxy) is 1. The minimum absolute atomic E-state index is 0.114. The maximum Gasteiger partial charge on any atom is 0.307 e. The second-order valence-electron chi connectivity index (χ2n) is 6.30. The quantitative estimate of drug-likeness (QED) is 0.779. The van der Waals surface area contributed by atoms with Crippen LogP contribution in [-0.2, 0) is 9.53 Å². The Morgan fingerprint density at radius 2 is 2.16 bits per heavy atom. The molecule has 134 valence electrons. The standard InChI is InChI=1S/C19H22ClNO3S/c20-16-7-5-14(6-8-16)18(17-4-2-12-25-17)24-11-10-21-9-1-3-15(13-21)19(22)23/h2,4-8,12,15,18H,1,3,9-11,13H2,(H,22,23). The number of rotatable bonds is 7. The zero-order chi connectivity index (χ0) is 17.6. The third-order valence-electron chi connectivity index (χ3n) is 4.52. The summed E-state index contributed by atoms with van der Waals surface area (Å²) in [5, 5.41) is 12.0. The van der Waals surface area contributed by atoms with Crippen molar-refractivity contribution in [3.8, 4) is 0 Å². The maximum absolute atomic E-state index is 11.2. The van der Waals surface area contributed by atoms with Gasteiger partial charge in [-0.25, -0.2) is 0 Å². The van der Waals surface area contributed by atoms with Crippen molar-refractivity contribution in [3.63, 3.8) is 0 Å². The van der Waals surface area contributed by atoms with E-state index in [1.807, 2.05) is 35.7 Å². The molecule has 2 atom stereocenters. The van der Waals surface area contributed by atoms with E-state index in [0.717, 1.165) is 36.4 Å². The number of piperidine rings is 1. The van der Waals surface area contributed by atoms with Gasteiger partial charge in [-0.2, -0.15) is 0 Å². The predicted octanol–water partition coefficient (Wildman–Crippen LogP) is 4.30. The van der Waals surface area contributed by atoms with Crippen LogP contribution in [0.4, 0.5) is 0 Å². The number of nitrogens with zero attached hydrogens (tertiary/aromatic N) is 1. The Hall–Kier alpha value is -1.40. The molecule has 25 heavy (non-hydrogen) atoms. The minimum atomic E-state index is -0.691. The van der Waals surface area contributed by atoms with E-state index in [2.05, 4.69) is 11.0 Å². The molecule has 1 fully saturated rings. The molecule has 3 rings (SSSR count). The number of benzene rings is 1. The van der Waals surface area contributed by atoms with Crippen LogP contribution >= 0.6 is 22.9 Å². The summed E-state index contributed by atoms with van der Waals surface area (Å²) < 4.78 is 6.19. The molecule has 0 amide bonds. The molecule has 1 aliphatic rings. The molecule has 6 heteroatoms. The number of carboxylic acid groups (broad SMARTS) is 1. The van der Waals surface area contributed by atoms with Gasteiger partial charge in [-0.15, -0.1) is 11.3 Å². The first-order chi connectivity index (χ1) is 12.1. The van der Waals surface area contributed by atoms with Crippen molar-refractivity contribution in [1.29, 1.82) is 0 Å². The highest BCUT2D eigenvalue weighted by molar-refractivity contribution is 7.10. The predicted molar refractivity (Wildman–Crippen MR) is 100 cm³/mol. The zero-order valence-corrected chi connectivity index (χ0v) is 15.5. The van der Waals surface area contributed by atoms with E-state index in [9.17, 15) is 9.90 Å². The Labute approximate surface area is 157 Å². The van der Waals surface area contributed by atoms with Crippen molar-refractivity contribution in [2.75, 3.05) is 26.2 Å². The van der Waals surface area contributed by atoms with Crippen LogP contribution in [0.3, 0.4) is 0 Å². The molecule has 1 aromatic heterocycles. The van der Waals surface area contributed by atoms with Crippen molar-refractivity contribution < 1.29 is 14.6 Å². The van der Waals surface area contributed by atoms with Gasteiger partial charge in [0, 0.05) is 23.0 Å². The summed E-state index contributed by atoms with van der Waals surface area (Å²) in [7, 11) is 0. The van der Waals surface area contributed by atoms with Crippen LogP contribution in [0.5, 0.6) is 0 Å². The molecule has 2 unspecified atom stereocenters. The Morgan fingerprint density at radius 1 is 1.36 bits per heavy atom. The van der Waals surface area contributed by atoms with Gasteiger partial charge in [-0.1, -0.05) is 29.8 Å². The molecule has 2 aromatic rings. The fourth-order valence-electron chi connectivity index (χ4n) is 3.18. The number of thiophene rings is 1. The first-order valence-electron chi connectivity index (χ1n) is 8.49. The highest BCUT2D eigenvalue weighted by Gasteiger charge is 2.25. The Kier molecular flexibility index (Phi) is 6.48. The van der Waals surface area contributed by atoms with Crippen LogP contribution in [0.2, 0.25) is 5.02 Å². The van der Waals surface area contributed by atoms with E-state index in [4.69, 9.17) is 16.3 Å². The number of halogens is 1. The third kappa shape index (κ3) is 5.05. The monoisotopic (exact) mass is 379 g/mol. The topological polar surface area (TPSA) is 49.8 Å². The van der Waals surface area contributed by atoms with Gasteiger partial charge in [0.05, 0.1) is 12.5 Å². The van der Waals surface area contributed by atoms with E-state index < -0.39 is 5.97 Å². The third-order valence-corrected chi connectivity index (χ3v) is 5.69. The largest absolute Gasteiger partial charge is 0.481 e. The number of hydrogen-bond acceptors (Lipinski definition) is 4. The summed E-state index contributed by atoms with van der Waals surface area (Å²) >= 11 is 7.66. The van der Waals surface area contributed by atoms with Gasteiger partial charge in [-0.05, 0) is 48.5 Å². The molecule has 2 heterocycles. The van der Waals surface area contributed by atoms with Gasteiger partial charge in [0.2, 0.25) is 0 Å². The van der Waals surface area contributed by atoms with Crippen LogP contribution < -0.4 is 0 Å². The van der Waals surface area contributed by atoms with Crippen LogP contribution in [0.15, 0.2) is 41.8 Å². The molecule has 0 radical (unpaired) electrons. The molecule has 1 saturated heterocycles. The molecular formula is C19H22ClNO3S. The smallest absolute Gasteiger partial charge is 0.307 e. The van der Waals surface area contributed by atoms with Gasteiger partial charge in [0.1, 0.15) is 6.10 Å². The van der Waals surface area contributed by atoms with E-state index in [1.54, 1.807) is 11.3 Å². The maximum atomic E-state index is 11.2. The average molecular weight is 380 g/mol. The second kappa shape index (κ2) is 8.81. The van der Waals surface area contributed by atoms with Gasteiger partial charge in [0.15, 0.2) is 0 Å². The first-order valence-corrected chi connectivity index (χ1v) is 9.75. The SMILES string of the molecule is O=C(O)C1CCCN(CCOC(c2ccc(Cl)cc2)c2cccs2)C1. The van der Waals surface area contributed by atoms with Crippen LogP contribution in [0.25, 0.3) is 0 Å². The summed E-state index contributed by atoms with van der Waals surface area (Å²) in [6.45, 7) is 2.87. The van der Waals surface area contributed by atoms with E-state index >= 15 is 0 Å². The molecule has 4 nitrogen and oxygen atoms in total. The summed E-state index contributed by atoms with van der Waals surface area (Å²) in [6.07, 6.45) is 1.59. The summed E-state index contributed by atoms with van der Waals surface area (Å²) in [6, 6.07) is 11.8. The lowest BCUT2D eigenvalue weighted by Gasteiger charge is -2.31. The van der Waals surface area contributed by atoms with Crippen molar-refractivity contribution in [2.45, 2.75) is 18.9 Å². The van der Waals surface area contributed by atoms with E-state index in [1.165, 1.54) is 0 Å². The number of carbonyl (C=O) groups is 1. The van der Waals surface area contributed by atoms with Crippen LogP contribution in [0, 0.1) is 5.92 Å². The van der Waals surface area contributed by atoms with Crippen molar-refractivity contribution >= 4 is 28.9 Å². The van der Waals surface area contributed by atoms with Crippen LogP contribution in [-0.4, -0.2) is 42.2 Å². The van der Waals surface area contributed by atoms with E-state index in [0.29, 0.717) is 18.2 Å². The zero-order valence-electron chi connectivity index (χ0n) is 13.9. The molecular weight excluding hydrogens is 358 g/mol. The number of likely N-dealkylation sites (tertiary alicyclic amines) is 1. The summed E-state index contributed by atoms with van der Waals surface area (Å²) in [5.74, 6) is -0.943. The first kappa shape index (κ1) is 18.4. The second-order valence-corrected chi connectivity index (χ2v) is 7.71. The molecule has 1 aliphatic heterocycles. The van der Waals surface area contributed by atoms with Gasteiger partial charge in [-0.3, -0.25) is 4.79 Å². The Balaban J connectivity index is 1.60. The summed E-state index contributed by atoms with van der Waals surface area (Å²) in [4.78, 5) is 14.5. The highest BCUT2D eigenvalue weighted by atomic mass is 35.5. The molecule has 0 spiro atoms. The Bertz CT molecular complexity index is 674. The van der Waals surface area contributed by atoms with Gasteiger partial charge >= 0.3 is 5.97 Å². The average Bonchev–Trinajstić information content (AvgIpc) is 3.14. The highest BCUT2D eigenvalue weighted by Crippen LogP contribution is 2.30. The molecule has 0 saturated carbocycles. The van der Waals surface area contributed by atoms with Crippen molar-refractivity contribution in [2.24, 2.45) is 5.92 Å². The van der Waals surface area contributed by atoms with Gasteiger partial charge in [0.25, 0.3) is 0 Å². The fourth-order valence-corrected chi connectivity index (χ4v) is 4.11. The molecule has 0 bridgehead atoms. The molecule has 1 aromatic carbocycles. The lowest BCUT2D eigenvalue weighted by atomic mass is 9.98. The van der Waals surface area contributed by atoms with Gasteiger partial charge < -0.3 is 14.7 Å². The van der Waals surface area contributed by atoms with E-state index in [-0.39, 0.29) is 12.0 Å². The number of carboxylic acids is 1.